The van der Waals surface area contributed by atoms with E-state index in [0.29, 0.717) is 16.5 Å². The second-order valence-corrected chi connectivity index (χ2v) is 5.70. The van der Waals surface area contributed by atoms with Crippen LogP contribution in [0.5, 0.6) is 5.75 Å². The van der Waals surface area contributed by atoms with Crippen molar-refractivity contribution in [3.05, 3.63) is 58.6 Å². The number of methoxy groups -OCH3 is 1. The molecule has 0 radical (unpaired) electrons. The Balaban J connectivity index is 2.16. The topological polar surface area (TPSA) is 21.6 Å². The van der Waals surface area contributed by atoms with E-state index >= 15 is 0 Å². The molecule has 2 nitrogen and oxygen atoms in total. The van der Waals surface area contributed by atoms with Crippen molar-refractivity contribution in [2.45, 2.75) is 6.42 Å². The number of nitrogens with zero attached hydrogens (tertiary/aromatic N) is 1. The van der Waals surface area contributed by atoms with Crippen molar-refractivity contribution in [3.63, 3.8) is 0 Å². The van der Waals surface area contributed by atoms with Crippen LogP contribution in [0.4, 0.5) is 5.69 Å². The van der Waals surface area contributed by atoms with Gasteiger partial charge in [0.05, 0.1) is 18.5 Å². The molecule has 0 bridgehead atoms. The summed E-state index contributed by atoms with van der Waals surface area (Å²) in [5.74, 6) is 0.834. The lowest BCUT2D eigenvalue weighted by Gasteiger charge is -2.10. The van der Waals surface area contributed by atoms with Gasteiger partial charge < -0.3 is 4.74 Å². The van der Waals surface area contributed by atoms with Gasteiger partial charge in [0.25, 0.3) is 0 Å². The maximum atomic E-state index is 6.07. The number of benzene rings is 2. The second kappa shape index (κ2) is 5.92. The smallest absolute Gasteiger partial charge is 0.126 e. The fourth-order valence-corrected chi connectivity index (χ4v) is 2.94. The minimum atomic E-state index is 0.575. The Hall–Kier alpha value is -1.77. The summed E-state index contributed by atoms with van der Waals surface area (Å²) in [6.45, 7) is 0. The molecule has 0 fully saturated rings. The highest BCUT2D eigenvalue weighted by Crippen LogP contribution is 2.34. The third-order valence-electron chi connectivity index (χ3n) is 3.28. The summed E-state index contributed by atoms with van der Waals surface area (Å²) in [6.07, 6.45) is 4.25. The molecule has 0 aromatic heterocycles. The maximum Gasteiger partial charge on any atom is 0.126 e. The fourth-order valence-electron chi connectivity index (χ4n) is 2.36. The monoisotopic (exact) mass is 317 g/mol. The molecule has 1 aliphatic carbocycles. The zero-order valence-electron chi connectivity index (χ0n) is 11.4. The fraction of sp³-hybridized carbons (Fsp3) is 0.118. The summed E-state index contributed by atoms with van der Waals surface area (Å²) < 4.78 is 5.39. The highest BCUT2D eigenvalue weighted by Gasteiger charge is 2.09. The molecule has 4 heteroatoms. The third-order valence-corrected chi connectivity index (χ3v) is 3.76. The van der Waals surface area contributed by atoms with E-state index in [1.165, 1.54) is 0 Å². The summed E-state index contributed by atoms with van der Waals surface area (Å²) in [6, 6.07) is 11.9. The zero-order valence-corrected chi connectivity index (χ0v) is 12.9. The SMILES string of the molecule is COc1ccc(N=C2C=C(Cl)CC(Cl)=C2)c2ccccc12. The number of ether oxygens (including phenoxy) is 1. The van der Waals surface area contributed by atoms with Crippen molar-refractivity contribution in [2.75, 3.05) is 7.11 Å². The quantitative estimate of drug-likeness (QED) is 0.709. The van der Waals surface area contributed by atoms with Crippen molar-refractivity contribution in [2.24, 2.45) is 4.99 Å². The number of rotatable bonds is 2. The van der Waals surface area contributed by atoms with Crippen LogP contribution in [0, 0.1) is 0 Å². The van der Waals surface area contributed by atoms with Crippen LogP contribution in [-0.2, 0) is 0 Å². The highest BCUT2D eigenvalue weighted by molar-refractivity contribution is 6.38. The first-order valence-corrected chi connectivity index (χ1v) is 7.29. The average Bonchev–Trinajstić information content (AvgIpc) is 2.46. The van der Waals surface area contributed by atoms with Gasteiger partial charge in [-0.2, -0.15) is 0 Å². The number of hydrogen-bond acceptors (Lipinski definition) is 2. The molecular weight excluding hydrogens is 305 g/mol. The van der Waals surface area contributed by atoms with Crippen molar-refractivity contribution in [1.82, 2.24) is 0 Å². The Morgan fingerprint density at radius 1 is 0.952 bits per heavy atom. The Bertz CT molecular complexity index is 770. The second-order valence-electron chi connectivity index (χ2n) is 4.73. The van der Waals surface area contributed by atoms with Crippen LogP contribution in [0.1, 0.15) is 6.42 Å². The maximum absolute atomic E-state index is 6.07. The summed E-state index contributed by atoms with van der Waals surface area (Å²) in [7, 11) is 1.67. The molecular formula is C17H13Cl2NO. The number of aliphatic imine (C=N–C) groups is 1. The highest BCUT2D eigenvalue weighted by atomic mass is 35.5. The number of allylic oxidation sites excluding steroid dienone is 4. The van der Waals surface area contributed by atoms with Crippen LogP contribution in [-0.4, -0.2) is 12.8 Å². The molecule has 0 saturated heterocycles. The van der Waals surface area contributed by atoms with Crippen LogP contribution in [0.15, 0.2) is 63.6 Å². The van der Waals surface area contributed by atoms with E-state index in [1.807, 2.05) is 48.6 Å². The number of halogens is 2. The standard InChI is InChI=1S/C17H13Cl2NO/c1-21-17-7-6-16(14-4-2-3-5-15(14)17)20-13-9-11(18)8-12(19)10-13/h2-7,9-10H,8H2,1H3. The lowest BCUT2D eigenvalue weighted by atomic mass is 10.1. The van der Waals surface area contributed by atoms with E-state index < -0.39 is 0 Å². The molecule has 3 rings (SSSR count). The molecule has 0 N–H and O–H groups in total. The zero-order chi connectivity index (χ0) is 14.8. The summed E-state index contributed by atoms with van der Waals surface area (Å²) >= 11 is 12.1. The molecule has 0 aliphatic heterocycles. The lowest BCUT2D eigenvalue weighted by Crippen LogP contribution is -1.96. The Kier molecular flexibility index (Phi) is 4.00. The number of fused-ring (bicyclic) bond motifs is 1. The van der Waals surface area contributed by atoms with Crippen molar-refractivity contribution >= 4 is 45.4 Å². The molecule has 0 atom stereocenters. The van der Waals surface area contributed by atoms with Crippen LogP contribution >= 0.6 is 23.2 Å². The van der Waals surface area contributed by atoms with Gasteiger partial charge in [-0.15, -0.1) is 0 Å². The summed E-state index contributed by atoms with van der Waals surface area (Å²) in [4.78, 5) is 4.66. The molecule has 0 spiro atoms. The predicted molar refractivity (Wildman–Crippen MR) is 90.1 cm³/mol. The van der Waals surface area contributed by atoms with E-state index in [2.05, 4.69) is 4.99 Å². The Morgan fingerprint density at radius 3 is 2.29 bits per heavy atom. The molecule has 0 unspecified atom stereocenters. The molecule has 2 aromatic rings. The van der Waals surface area contributed by atoms with Crippen LogP contribution in [0.3, 0.4) is 0 Å². The minimum absolute atomic E-state index is 0.575. The van der Waals surface area contributed by atoms with E-state index in [-0.39, 0.29) is 0 Å². The Morgan fingerprint density at radius 2 is 1.62 bits per heavy atom. The van der Waals surface area contributed by atoms with Crippen LogP contribution < -0.4 is 4.74 Å². The molecule has 0 saturated carbocycles. The van der Waals surface area contributed by atoms with E-state index in [4.69, 9.17) is 27.9 Å². The normalized spacial score (nSPS) is 14.7. The number of hydrogen-bond donors (Lipinski definition) is 0. The summed E-state index contributed by atoms with van der Waals surface area (Å²) in [5.41, 5.74) is 1.62. The first-order chi connectivity index (χ1) is 10.2. The van der Waals surface area contributed by atoms with Gasteiger partial charge in [0.15, 0.2) is 0 Å². The van der Waals surface area contributed by atoms with E-state index in [9.17, 15) is 0 Å². The van der Waals surface area contributed by atoms with Gasteiger partial charge in [-0.3, -0.25) is 0 Å². The van der Waals surface area contributed by atoms with Crippen molar-refractivity contribution < 1.29 is 4.74 Å². The van der Waals surface area contributed by atoms with Crippen molar-refractivity contribution in [3.8, 4) is 5.75 Å². The molecule has 21 heavy (non-hydrogen) atoms. The van der Waals surface area contributed by atoms with Gasteiger partial charge in [0.1, 0.15) is 5.75 Å². The molecule has 106 valence electrons. The van der Waals surface area contributed by atoms with Gasteiger partial charge in [0.2, 0.25) is 0 Å². The van der Waals surface area contributed by atoms with Gasteiger partial charge in [0, 0.05) is 27.3 Å². The Labute approximate surface area is 133 Å². The van der Waals surface area contributed by atoms with Gasteiger partial charge in [-0.25, -0.2) is 4.99 Å². The molecule has 2 aromatic carbocycles. The van der Waals surface area contributed by atoms with Crippen LogP contribution in [0.2, 0.25) is 0 Å². The van der Waals surface area contributed by atoms with Gasteiger partial charge in [-0.05, 0) is 24.3 Å². The third kappa shape index (κ3) is 2.97. The predicted octanol–water partition coefficient (Wildman–Crippen LogP) is 5.57. The lowest BCUT2D eigenvalue weighted by molar-refractivity contribution is 0.420. The first-order valence-electron chi connectivity index (χ1n) is 6.54. The largest absolute Gasteiger partial charge is 0.496 e. The van der Waals surface area contributed by atoms with E-state index in [1.54, 1.807) is 7.11 Å². The molecule has 0 amide bonds. The first kappa shape index (κ1) is 14.2. The minimum Gasteiger partial charge on any atom is -0.496 e. The van der Waals surface area contributed by atoms with Gasteiger partial charge in [-0.1, -0.05) is 47.5 Å². The summed E-state index contributed by atoms with van der Waals surface area (Å²) in [5, 5.41) is 3.45. The van der Waals surface area contributed by atoms with Crippen LogP contribution in [0.25, 0.3) is 10.8 Å². The average molecular weight is 318 g/mol. The molecule has 0 heterocycles. The molecule has 1 aliphatic rings. The van der Waals surface area contributed by atoms with E-state index in [0.717, 1.165) is 27.9 Å². The van der Waals surface area contributed by atoms with Crippen molar-refractivity contribution in [1.29, 1.82) is 0 Å². The van der Waals surface area contributed by atoms with Gasteiger partial charge >= 0.3 is 0 Å².